The number of rotatable bonds is 13. The van der Waals surface area contributed by atoms with Crippen molar-refractivity contribution in [2.75, 3.05) is 11.5 Å². The summed E-state index contributed by atoms with van der Waals surface area (Å²) in [4.78, 5) is 0. The molecule has 0 saturated carbocycles. The molecule has 0 aromatic heterocycles. The highest BCUT2D eigenvalue weighted by molar-refractivity contribution is 7.99. The largest absolute Gasteiger partial charge is 0.453 e. The third-order valence-electron chi connectivity index (χ3n) is 3.51. The fourth-order valence-electron chi connectivity index (χ4n) is 2.10. The summed E-state index contributed by atoms with van der Waals surface area (Å²) in [6.07, 6.45) is 1.77. The summed E-state index contributed by atoms with van der Waals surface area (Å²) in [5.74, 6) is -2.55. The standard InChI is InChI=1S/C16H29F5S/c1-14(2)10-7-5-3-4-6-8-12-22-13-9-11-15(17,18)16(19,20)21/h14H,3-13H2,1-2H3. The van der Waals surface area contributed by atoms with Crippen LogP contribution < -0.4 is 0 Å². The molecular weight excluding hydrogens is 319 g/mol. The smallest absolute Gasteiger partial charge is 0.196 e. The zero-order chi connectivity index (χ0) is 17.1. The van der Waals surface area contributed by atoms with Crippen molar-refractivity contribution in [2.45, 2.75) is 83.7 Å². The average Bonchev–Trinajstić information content (AvgIpc) is 2.38. The predicted molar refractivity (Wildman–Crippen MR) is 84.7 cm³/mol. The lowest BCUT2D eigenvalue weighted by molar-refractivity contribution is -0.284. The van der Waals surface area contributed by atoms with Crippen LogP contribution in [0, 0.1) is 5.92 Å². The molecule has 0 aliphatic rings. The van der Waals surface area contributed by atoms with Gasteiger partial charge >= 0.3 is 12.1 Å². The van der Waals surface area contributed by atoms with Gasteiger partial charge in [-0.25, -0.2) is 0 Å². The molecule has 0 N–H and O–H groups in total. The molecule has 0 radical (unpaired) electrons. The molecule has 0 saturated heterocycles. The zero-order valence-electron chi connectivity index (χ0n) is 13.7. The summed E-state index contributed by atoms with van der Waals surface area (Å²) < 4.78 is 61.0. The second-order valence-electron chi connectivity index (χ2n) is 6.22. The van der Waals surface area contributed by atoms with Crippen molar-refractivity contribution < 1.29 is 22.0 Å². The summed E-state index contributed by atoms with van der Waals surface area (Å²) in [5.41, 5.74) is 0. The molecule has 0 aliphatic heterocycles. The highest BCUT2D eigenvalue weighted by Crippen LogP contribution is 2.39. The van der Waals surface area contributed by atoms with Crippen LogP contribution in [0.3, 0.4) is 0 Å². The van der Waals surface area contributed by atoms with E-state index >= 15 is 0 Å². The van der Waals surface area contributed by atoms with Crippen LogP contribution in [0.1, 0.15) is 71.6 Å². The Morgan fingerprint density at radius 2 is 1.23 bits per heavy atom. The Balaban J connectivity index is 3.31. The van der Waals surface area contributed by atoms with E-state index in [1.807, 2.05) is 0 Å². The van der Waals surface area contributed by atoms with Crippen molar-refractivity contribution in [3.63, 3.8) is 0 Å². The van der Waals surface area contributed by atoms with Gasteiger partial charge in [0.2, 0.25) is 0 Å². The summed E-state index contributed by atoms with van der Waals surface area (Å²) in [5, 5.41) is 0. The van der Waals surface area contributed by atoms with Crippen LogP contribution in [0.25, 0.3) is 0 Å². The van der Waals surface area contributed by atoms with Crippen molar-refractivity contribution in [3.8, 4) is 0 Å². The molecule has 0 fully saturated rings. The monoisotopic (exact) mass is 348 g/mol. The number of hydrogen-bond donors (Lipinski definition) is 0. The Kier molecular flexibility index (Phi) is 11.5. The molecule has 0 atom stereocenters. The quantitative estimate of drug-likeness (QED) is 0.253. The van der Waals surface area contributed by atoms with Crippen molar-refractivity contribution in [1.82, 2.24) is 0 Å². The van der Waals surface area contributed by atoms with Crippen LogP contribution in [-0.2, 0) is 0 Å². The Bertz CT molecular complexity index is 264. The Labute approximate surface area is 135 Å². The van der Waals surface area contributed by atoms with Crippen LogP contribution in [0.5, 0.6) is 0 Å². The second-order valence-corrected chi connectivity index (χ2v) is 7.45. The lowest BCUT2D eigenvalue weighted by atomic mass is 10.0. The Hall–Kier alpha value is -0.0000000000000000555. The first-order valence-electron chi connectivity index (χ1n) is 8.19. The average molecular weight is 348 g/mol. The van der Waals surface area contributed by atoms with E-state index in [1.54, 1.807) is 0 Å². The molecule has 0 aliphatic carbocycles. The normalized spacial score (nSPS) is 13.1. The number of hydrogen-bond acceptors (Lipinski definition) is 1. The van der Waals surface area contributed by atoms with Gasteiger partial charge in [-0.1, -0.05) is 52.4 Å². The number of thioether (sulfide) groups is 1. The summed E-state index contributed by atoms with van der Waals surface area (Å²) >= 11 is 1.48. The minimum absolute atomic E-state index is 0.0909. The molecule has 0 aromatic rings. The van der Waals surface area contributed by atoms with Gasteiger partial charge in [0.05, 0.1) is 0 Å². The van der Waals surface area contributed by atoms with E-state index in [0.717, 1.165) is 24.5 Å². The Morgan fingerprint density at radius 1 is 0.727 bits per heavy atom. The predicted octanol–water partition coefficient (Wildman–Crippen LogP) is 7.08. The van der Waals surface area contributed by atoms with Crippen molar-refractivity contribution >= 4 is 11.8 Å². The van der Waals surface area contributed by atoms with E-state index in [1.165, 1.54) is 43.9 Å². The maximum atomic E-state index is 12.6. The molecule has 6 heteroatoms. The first kappa shape index (κ1) is 22.0. The van der Waals surface area contributed by atoms with Crippen LogP contribution >= 0.6 is 11.8 Å². The summed E-state index contributed by atoms with van der Waals surface area (Å²) in [6, 6.07) is 0. The van der Waals surface area contributed by atoms with Gasteiger partial charge in [0.1, 0.15) is 0 Å². The topological polar surface area (TPSA) is 0 Å². The van der Waals surface area contributed by atoms with Gasteiger partial charge in [0.25, 0.3) is 0 Å². The lowest BCUT2D eigenvalue weighted by Gasteiger charge is -2.19. The van der Waals surface area contributed by atoms with Crippen LogP contribution in [0.4, 0.5) is 22.0 Å². The second kappa shape index (κ2) is 11.5. The number of unbranched alkanes of at least 4 members (excludes halogenated alkanes) is 5. The number of halogens is 5. The molecule has 0 spiro atoms. The van der Waals surface area contributed by atoms with Crippen molar-refractivity contribution in [3.05, 3.63) is 0 Å². The van der Waals surface area contributed by atoms with Crippen molar-refractivity contribution in [2.24, 2.45) is 5.92 Å². The molecule has 0 aromatic carbocycles. The Morgan fingerprint density at radius 3 is 1.77 bits per heavy atom. The lowest BCUT2D eigenvalue weighted by Crippen LogP contribution is -2.36. The minimum Gasteiger partial charge on any atom is -0.196 e. The van der Waals surface area contributed by atoms with Crippen LogP contribution in [0.2, 0.25) is 0 Å². The van der Waals surface area contributed by atoms with E-state index in [2.05, 4.69) is 13.8 Å². The molecule has 0 rings (SSSR count). The van der Waals surface area contributed by atoms with Gasteiger partial charge in [0, 0.05) is 6.42 Å². The molecule has 0 nitrogen and oxygen atoms in total. The van der Waals surface area contributed by atoms with E-state index in [4.69, 9.17) is 0 Å². The molecule has 134 valence electrons. The van der Waals surface area contributed by atoms with Gasteiger partial charge in [-0.2, -0.15) is 33.7 Å². The van der Waals surface area contributed by atoms with E-state index < -0.39 is 18.5 Å². The van der Waals surface area contributed by atoms with Gasteiger partial charge in [-0.15, -0.1) is 0 Å². The molecule has 0 bridgehead atoms. The minimum atomic E-state index is -5.41. The molecule has 0 amide bonds. The fourth-order valence-corrected chi connectivity index (χ4v) is 3.06. The van der Waals surface area contributed by atoms with Crippen molar-refractivity contribution in [1.29, 1.82) is 0 Å². The highest BCUT2D eigenvalue weighted by Gasteiger charge is 2.56. The van der Waals surface area contributed by atoms with Crippen LogP contribution in [-0.4, -0.2) is 23.6 Å². The van der Waals surface area contributed by atoms with Gasteiger partial charge in [0.15, 0.2) is 0 Å². The molecule has 22 heavy (non-hydrogen) atoms. The maximum Gasteiger partial charge on any atom is 0.453 e. The van der Waals surface area contributed by atoms with E-state index in [-0.39, 0.29) is 6.42 Å². The van der Waals surface area contributed by atoms with Gasteiger partial charge in [-0.3, -0.25) is 0 Å². The van der Waals surface area contributed by atoms with Gasteiger partial charge < -0.3 is 0 Å². The van der Waals surface area contributed by atoms with E-state index in [9.17, 15) is 22.0 Å². The van der Waals surface area contributed by atoms with Gasteiger partial charge in [-0.05, 0) is 30.3 Å². The summed E-state index contributed by atoms with van der Waals surface area (Å²) in [7, 11) is 0. The number of alkyl halides is 5. The summed E-state index contributed by atoms with van der Waals surface area (Å²) in [6.45, 7) is 4.45. The third kappa shape index (κ3) is 11.6. The molecule has 0 heterocycles. The SMILES string of the molecule is CC(C)CCCCCCCCSCCCC(F)(F)C(F)(F)F. The molecule has 0 unspecified atom stereocenters. The van der Waals surface area contributed by atoms with E-state index in [0.29, 0.717) is 5.75 Å². The fraction of sp³-hybridized carbons (Fsp3) is 1.00. The zero-order valence-corrected chi connectivity index (χ0v) is 14.5. The third-order valence-corrected chi connectivity index (χ3v) is 4.67. The van der Waals surface area contributed by atoms with Crippen LogP contribution in [0.15, 0.2) is 0 Å². The highest BCUT2D eigenvalue weighted by atomic mass is 32.2. The maximum absolute atomic E-state index is 12.6. The first-order chi connectivity index (χ1) is 10.2. The molecular formula is C16H29F5S. The first-order valence-corrected chi connectivity index (χ1v) is 9.34.